The third-order valence-corrected chi connectivity index (χ3v) is 6.43. The van der Waals surface area contributed by atoms with Gasteiger partial charge in [-0.15, -0.1) is 0 Å². The monoisotopic (exact) mass is 618 g/mol. The molecule has 0 heterocycles. The number of nitrogens with zero attached hydrogens (tertiary/aromatic N) is 1. The lowest BCUT2D eigenvalue weighted by molar-refractivity contribution is -0.112. The molecule has 1 N–H and O–H groups in total. The van der Waals surface area contributed by atoms with Gasteiger partial charge in [0.25, 0.3) is 5.91 Å². The van der Waals surface area contributed by atoms with Crippen LogP contribution in [0, 0.1) is 11.3 Å². The largest absolute Gasteiger partial charge is 0.490 e. The average molecular weight is 620 g/mol. The number of carbonyl (C=O) groups excluding carboxylic acids is 2. The highest BCUT2D eigenvalue weighted by Crippen LogP contribution is 2.38. The molecule has 6 nitrogen and oxygen atoms in total. The highest BCUT2D eigenvalue weighted by atomic mass is 79.9. The highest BCUT2D eigenvalue weighted by Gasteiger charge is 2.19. The molecule has 0 unspecified atom stereocenters. The molecule has 0 aromatic heterocycles. The molecule has 0 fully saturated rings. The Morgan fingerprint density at radius 2 is 1.73 bits per heavy atom. The summed E-state index contributed by atoms with van der Waals surface area (Å²) in [5.74, 6) is -0.587. The molecule has 0 aliphatic carbocycles. The average Bonchev–Trinajstić information content (AvgIpc) is 2.90. The third kappa shape index (κ3) is 6.26. The third-order valence-electron chi connectivity index (χ3n) is 5.31. The molecule has 0 saturated carbocycles. The summed E-state index contributed by atoms with van der Waals surface area (Å²) in [7, 11) is 0. The van der Waals surface area contributed by atoms with Gasteiger partial charge >= 0.3 is 5.97 Å². The summed E-state index contributed by atoms with van der Waals surface area (Å²) in [6, 6.07) is 25.2. The fraction of sp³-hybridized carbons (Fsp3) is 0.0690. The SMILES string of the molecule is CCOc1cc(/C=C(\C#N)C(=O)Nc2ccc(Br)cc2)cc(Br)c1OC(=O)c1cccc2ccccc12. The lowest BCUT2D eigenvalue weighted by atomic mass is 10.0. The standard InChI is InChI=1S/C29H20Br2N2O4/c1-2-36-26-16-18(14-20(17-32)28(34)33-22-12-10-21(30)11-13-22)15-25(31)27(26)37-29(35)24-9-5-7-19-6-3-4-8-23(19)24/h3-16H,2H2,1H3,(H,33,34)/b20-14+. The van der Waals surface area contributed by atoms with Crippen molar-refractivity contribution < 1.29 is 19.1 Å². The van der Waals surface area contributed by atoms with E-state index in [2.05, 4.69) is 37.2 Å². The Labute approximate surface area is 230 Å². The van der Waals surface area contributed by atoms with E-state index in [1.165, 1.54) is 6.08 Å². The van der Waals surface area contributed by atoms with Gasteiger partial charge in [-0.2, -0.15) is 5.26 Å². The van der Waals surface area contributed by atoms with Crippen molar-refractivity contribution in [3.8, 4) is 17.6 Å². The van der Waals surface area contributed by atoms with E-state index >= 15 is 0 Å². The van der Waals surface area contributed by atoms with Crippen LogP contribution in [0.2, 0.25) is 0 Å². The van der Waals surface area contributed by atoms with Crippen LogP contribution in [0.5, 0.6) is 11.5 Å². The maximum atomic E-state index is 13.1. The smallest absolute Gasteiger partial charge is 0.344 e. The van der Waals surface area contributed by atoms with Crippen molar-refractivity contribution in [1.29, 1.82) is 5.26 Å². The Hall–Kier alpha value is -3.93. The molecule has 0 atom stereocenters. The number of ether oxygens (including phenoxy) is 2. The molecular weight excluding hydrogens is 600 g/mol. The number of benzene rings is 4. The molecule has 1 amide bonds. The summed E-state index contributed by atoms with van der Waals surface area (Å²) in [5, 5.41) is 14.0. The quantitative estimate of drug-likeness (QED) is 0.1000. The number of anilines is 1. The molecule has 37 heavy (non-hydrogen) atoms. The number of hydrogen-bond donors (Lipinski definition) is 1. The maximum Gasteiger partial charge on any atom is 0.344 e. The molecule has 184 valence electrons. The molecular formula is C29H20Br2N2O4. The summed E-state index contributed by atoms with van der Waals surface area (Å²) in [6.45, 7) is 2.12. The summed E-state index contributed by atoms with van der Waals surface area (Å²) in [4.78, 5) is 25.8. The van der Waals surface area contributed by atoms with Crippen LogP contribution in [0.1, 0.15) is 22.8 Å². The van der Waals surface area contributed by atoms with Crippen molar-refractivity contribution in [2.45, 2.75) is 6.92 Å². The number of fused-ring (bicyclic) bond motifs is 1. The summed E-state index contributed by atoms with van der Waals surface area (Å²) >= 11 is 6.80. The topological polar surface area (TPSA) is 88.4 Å². The van der Waals surface area contributed by atoms with Crippen LogP contribution < -0.4 is 14.8 Å². The van der Waals surface area contributed by atoms with E-state index in [-0.39, 0.29) is 11.3 Å². The number of nitriles is 1. The molecule has 0 bridgehead atoms. The summed E-state index contributed by atoms with van der Waals surface area (Å²) in [6.07, 6.45) is 1.44. The minimum absolute atomic E-state index is 0.0993. The number of halogens is 2. The first-order valence-corrected chi connectivity index (χ1v) is 12.8. The number of nitrogens with one attached hydrogen (secondary N) is 1. The fourth-order valence-electron chi connectivity index (χ4n) is 3.63. The van der Waals surface area contributed by atoms with Gasteiger partial charge in [0.1, 0.15) is 11.6 Å². The first-order chi connectivity index (χ1) is 17.9. The van der Waals surface area contributed by atoms with E-state index in [0.717, 1.165) is 15.2 Å². The zero-order valence-corrected chi connectivity index (χ0v) is 22.8. The molecule has 4 aromatic carbocycles. The lowest BCUT2D eigenvalue weighted by Gasteiger charge is -2.14. The van der Waals surface area contributed by atoms with Gasteiger partial charge in [0.05, 0.1) is 16.6 Å². The summed E-state index contributed by atoms with van der Waals surface area (Å²) in [5.41, 5.74) is 1.40. The second-order valence-electron chi connectivity index (χ2n) is 7.81. The minimum atomic E-state index is -0.551. The second kappa shape index (κ2) is 11.9. The van der Waals surface area contributed by atoms with Gasteiger partial charge in [-0.25, -0.2) is 4.79 Å². The first kappa shape index (κ1) is 26.1. The van der Waals surface area contributed by atoms with Gasteiger partial charge in [-0.05, 0) is 87.7 Å². The number of hydrogen-bond acceptors (Lipinski definition) is 5. The van der Waals surface area contributed by atoms with E-state index in [1.54, 1.807) is 55.5 Å². The van der Waals surface area contributed by atoms with Gasteiger partial charge in [0.2, 0.25) is 0 Å². The van der Waals surface area contributed by atoms with Gasteiger partial charge < -0.3 is 14.8 Å². The maximum absolute atomic E-state index is 13.1. The van der Waals surface area contributed by atoms with Gasteiger partial charge in [0, 0.05) is 10.2 Å². The first-order valence-electron chi connectivity index (χ1n) is 11.2. The number of amides is 1. The molecule has 8 heteroatoms. The van der Waals surface area contributed by atoms with E-state index in [0.29, 0.717) is 33.6 Å². The molecule has 0 aliphatic rings. The van der Waals surface area contributed by atoms with E-state index in [9.17, 15) is 14.9 Å². The molecule has 0 spiro atoms. The second-order valence-corrected chi connectivity index (χ2v) is 9.58. The van der Waals surface area contributed by atoms with Crippen molar-refractivity contribution in [2.24, 2.45) is 0 Å². The Morgan fingerprint density at radius 3 is 2.46 bits per heavy atom. The van der Waals surface area contributed by atoms with Crippen molar-refractivity contribution >= 4 is 66.3 Å². The summed E-state index contributed by atoms with van der Waals surface area (Å²) < 4.78 is 12.8. The molecule has 0 aliphatic heterocycles. The molecule has 0 radical (unpaired) electrons. The predicted octanol–water partition coefficient (Wildman–Crippen LogP) is 7.53. The van der Waals surface area contributed by atoms with Crippen LogP contribution in [0.15, 0.2) is 93.4 Å². The van der Waals surface area contributed by atoms with Crippen molar-refractivity contribution in [2.75, 3.05) is 11.9 Å². The Morgan fingerprint density at radius 1 is 1.00 bits per heavy atom. The van der Waals surface area contributed by atoms with Gasteiger partial charge in [-0.1, -0.05) is 52.3 Å². The van der Waals surface area contributed by atoms with Crippen LogP contribution in [0.3, 0.4) is 0 Å². The Bertz CT molecular complexity index is 1550. The predicted molar refractivity (Wildman–Crippen MR) is 151 cm³/mol. The van der Waals surface area contributed by atoms with Crippen LogP contribution in [-0.4, -0.2) is 18.5 Å². The molecule has 0 saturated heterocycles. The highest BCUT2D eigenvalue weighted by molar-refractivity contribution is 9.10. The molecule has 4 rings (SSSR count). The number of esters is 1. The minimum Gasteiger partial charge on any atom is -0.490 e. The zero-order chi connectivity index (χ0) is 26.4. The van der Waals surface area contributed by atoms with E-state index in [1.807, 2.05) is 36.4 Å². The molecule has 4 aromatic rings. The van der Waals surface area contributed by atoms with Crippen molar-refractivity contribution in [1.82, 2.24) is 0 Å². The van der Waals surface area contributed by atoms with Gasteiger partial charge in [0.15, 0.2) is 11.5 Å². The van der Waals surface area contributed by atoms with E-state index in [4.69, 9.17) is 9.47 Å². The van der Waals surface area contributed by atoms with Crippen LogP contribution in [0.25, 0.3) is 16.8 Å². The van der Waals surface area contributed by atoms with Crippen molar-refractivity contribution in [3.05, 3.63) is 105 Å². The van der Waals surface area contributed by atoms with Crippen LogP contribution in [0.4, 0.5) is 5.69 Å². The number of rotatable bonds is 7. The van der Waals surface area contributed by atoms with E-state index < -0.39 is 11.9 Å². The van der Waals surface area contributed by atoms with Crippen molar-refractivity contribution in [3.63, 3.8) is 0 Å². The van der Waals surface area contributed by atoms with Crippen LogP contribution in [-0.2, 0) is 4.79 Å². The lowest BCUT2D eigenvalue weighted by Crippen LogP contribution is -2.13. The Kier molecular flexibility index (Phi) is 8.39. The zero-order valence-electron chi connectivity index (χ0n) is 19.6. The van der Waals surface area contributed by atoms with Crippen LogP contribution >= 0.6 is 31.9 Å². The normalized spacial score (nSPS) is 11.0. The fourth-order valence-corrected chi connectivity index (χ4v) is 4.44. The van der Waals surface area contributed by atoms with Gasteiger partial charge in [-0.3, -0.25) is 4.79 Å². The number of carbonyl (C=O) groups is 2. The Balaban J connectivity index is 1.63.